The van der Waals surface area contributed by atoms with Crippen molar-refractivity contribution in [3.8, 4) is 0 Å². The monoisotopic (exact) mass is 347 g/mol. The highest BCUT2D eigenvalue weighted by molar-refractivity contribution is 7.91. The summed E-state index contributed by atoms with van der Waals surface area (Å²) in [5.74, 6) is 0.335. The molecule has 0 radical (unpaired) electrons. The fraction of sp³-hybridized carbons (Fsp3) is 0.421. The first-order valence-corrected chi connectivity index (χ1v) is 9.86. The molecule has 0 N–H and O–H groups in total. The molecule has 1 fully saturated rings. The summed E-state index contributed by atoms with van der Waals surface area (Å²) >= 11 is 0. The lowest BCUT2D eigenvalue weighted by Gasteiger charge is -2.31. The number of allylic oxidation sites excluding steroid dienone is 3. The molecule has 1 amide bonds. The largest absolute Gasteiger partial charge is 0.343 e. The fourth-order valence-electron chi connectivity index (χ4n) is 3.02. The van der Waals surface area contributed by atoms with Gasteiger partial charge in [-0.3, -0.25) is 4.79 Å². The summed E-state index contributed by atoms with van der Waals surface area (Å²) in [5.41, 5.74) is 2.04. The van der Waals surface area contributed by atoms with E-state index in [0.717, 1.165) is 24.0 Å². The predicted molar refractivity (Wildman–Crippen MR) is 97.3 cm³/mol. The van der Waals surface area contributed by atoms with Crippen molar-refractivity contribution in [2.45, 2.75) is 31.6 Å². The maximum atomic E-state index is 12.6. The van der Waals surface area contributed by atoms with Gasteiger partial charge in [0.1, 0.15) is 0 Å². The van der Waals surface area contributed by atoms with Crippen LogP contribution in [0.3, 0.4) is 0 Å². The SMILES string of the molecule is C=C/C=C(\C)c1ccc(S(=O)(=O)CC2CCN(C(C)=O)CC2)cc1. The molecule has 0 aromatic heterocycles. The minimum atomic E-state index is -3.30. The van der Waals surface area contributed by atoms with Gasteiger partial charge in [-0.1, -0.05) is 30.9 Å². The number of carbonyl (C=O) groups is 1. The number of likely N-dealkylation sites (tertiary alicyclic amines) is 1. The van der Waals surface area contributed by atoms with Gasteiger partial charge in [0.25, 0.3) is 0 Å². The molecule has 0 saturated carbocycles. The van der Waals surface area contributed by atoms with E-state index in [2.05, 4.69) is 6.58 Å². The molecule has 1 aliphatic heterocycles. The minimum Gasteiger partial charge on any atom is -0.343 e. The van der Waals surface area contributed by atoms with E-state index in [1.54, 1.807) is 30.0 Å². The van der Waals surface area contributed by atoms with Crippen LogP contribution in [0.4, 0.5) is 0 Å². The van der Waals surface area contributed by atoms with Crippen LogP contribution in [-0.4, -0.2) is 38.1 Å². The standard InChI is InChI=1S/C19H25NO3S/c1-4-5-15(2)18-6-8-19(9-7-18)24(22,23)14-17-10-12-20(13-11-17)16(3)21/h4-9,17H,1,10-14H2,2-3H3/b15-5+. The summed E-state index contributed by atoms with van der Waals surface area (Å²) in [6.45, 7) is 8.50. The molecular formula is C19H25NO3S. The van der Waals surface area contributed by atoms with E-state index in [-0.39, 0.29) is 17.6 Å². The molecule has 5 heteroatoms. The van der Waals surface area contributed by atoms with Gasteiger partial charge in [-0.2, -0.15) is 0 Å². The zero-order valence-electron chi connectivity index (χ0n) is 14.4. The van der Waals surface area contributed by atoms with Crippen LogP contribution in [0.1, 0.15) is 32.3 Å². The van der Waals surface area contributed by atoms with E-state index in [4.69, 9.17) is 0 Å². The molecule has 130 valence electrons. The van der Waals surface area contributed by atoms with E-state index in [0.29, 0.717) is 18.0 Å². The van der Waals surface area contributed by atoms with Gasteiger partial charge >= 0.3 is 0 Å². The average Bonchev–Trinajstić information content (AvgIpc) is 2.55. The summed E-state index contributed by atoms with van der Waals surface area (Å²) in [6, 6.07) is 7.02. The molecule has 2 rings (SSSR count). The number of nitrogens with zero attached hydrogens (tertiary/aromatic N) is 1. The van der Waals surface area contributed by atoms with Gasteiger partial charge in [-0.25, -0.2) is 8.42 Å². The van der Waals surface area contributed by atoms with Crippen LogP contribution in [0.2, 0.25) is 0 Å². The second-order valence-electron chi connectivity index (χ2n) is 6.34. The summed E-state index contributed by atoms with van der Waals surface area (Å²) in [5, 5.41) is 0. The minimum absolute atomic E-state index is 0.0647. The Bertz CT molecular complexity index is 724. The molecule has 0 atom stereocenters. The maximum absolute atomic E-state index is 12.6. The van der Waals surface area contributed by atoms with Crippen LogP contribution in [0.15, 0.2) is 47.9 Å². The number of carbonyl (C=O) groups excluding carboxylic acids is 1. The second-order valence-corrected chi connectivity index (χ2v) is 8.37. The smallest absolute Gasteiger partial charge is 0.219 e. The molecular weight excluding hydrogens is 322 g/mol. The molecule has 24 heavy (non-hydrogen) atoms. The van der Waals surface area contributed by atoms with Crippen molar-refractivity contribution >= 4 is 21.3 Å². The van der Waals surface area contributed by atoms with Gasteiger partial charge in [-0.15, -0.1) is 0 Å². The summed E-state index contributed by atoms with van der Waals surface area (Å²) in [7, 11) is -3.30. The Morgan fingerprint density at radius 2 is 1.79 bits per heavy atom. The lowest BCUT2D eigenvalue weighted by Crippen LogP contribution is -2.38. The Kier molecular flexibility index (Phi) is 5.99. The summed E-state index contributed by atoms with van der Waals surface area (Å²) in [4.78, 5) is 13.5. The third kappa shape index (κ3) is 4.57. The van der Waals surface area contributed by atoms with Crippen molar-refractivity contribution < 1.29 is 13.2 Å². The molecule has 0 bridgehead atoms. The number of rotatable bonds is 5. The lowest BCUT2D eigenvalue weighted by atomic mass is 9.99. The van der Waals surface area contributed by atoms with Crippen LogP contribution in [0, 0.1) is 5.92 Å². The van der Waals surface area contributed by atoms with Gasteiger partial charge in [0.2, 0.25) is 5.91 Å². The number of hydrogen-bond donors (Lipinski definition) is 0. The van der Waals surface area contributed by atoms with E-state index in [1.807, 2.05) is 25.1 Å². The van der Waals surface area contributed by atoms with Gasteiger partial charge < -0.3 is 4.90 Å². The molecule has 0 unspecified atom stereocenters. The van der Waals surface area contributed by atoms with E-state index in [9.17, 15) is 13.2 Å². The van der Waals surface area contributed by atoms with Crippen molar-refractivity contribution in [1.29, 1.82) is 0 Å². The van der Waals surface area contributed by atoms with E-state index >= 15 is 0 Å². The highest BCUT2D eigenvalue weighted by atomic mass is 32.2. The number of benzene rings is 1. The van der Waals surface area contributed by atoms with E-state index < -0.39 is 9.84 Å². The Balaban J connectivity index is 2.04. The molecule has 1 aliphatic rings. The number of piperidine rings is 1. The predicted octanol–water partition coefficient (Wildman–Crippen LogP) is 3.31. The van der Waals surface area contributed by atoms with Crippen LogP contribution in [-0.2, 0) is 14.6 Å². The van der Waals surface area contributed by atoms with Crippen LogP contribution in [0.5, 0.6) is 0 Å². The molecule has 0 spiro atoms. The normalized spacial score (nSPS) is 16.9. The third-order valence-corrected chi connectivity index (χ3v) is 6.45. The molecule has 0 aliphatic carbocycles. The van der Waals surface area contributed by atoms with Crippen LogP contribution in [0.25, 0.3) is 5.57 Å². The Hall–Kier alpha value is -1.88. The highest BCUT2D eigenvalue weighted by Gasteiger charge is 2.26. The second kappa shape index (κ2) is 7.79. The van der Waals surface area contributed by atoms with Gasteiger partial charge in [0.15, 0.2) is 9.84 Å². The Morgan fingerprint density at radius 3 is 2.29 bits per heavy atom. The van der Waals surface area contributed by atoms with Crippen molar-refractivity contribution in [3.05, 3.63) is 48.6 Å². The Labute approximate surface area is 144 Å². The van der Waals surface area contributed by atoms with Crippen molar-refractivity contribution in [1.82, 2.24) is 4.90 Å². The van der Waals surface area contributed by atoms with Gasteiger partial charge in [0.05, 0.1) is 10.6 Å². The maximum Gasteiger partial charge on any atom is 0.219 e. The van der Waals surface area contributed by atoms with E-state index in [1.165, 1.54) is 0 Å². The van der Waals surface area contributed by atoms with Crippen molar-refractivity contribution in [2.24, 2.45) is 5.92 Å². The van der Waals surface area contributed by atoms with Crippen molar-refractivity contribution in [2.75, 3.05) is 18.8 Å². The molecule has 1 heterocycles. The van der Waals surface area contributed by atoms with Crippen LogP contribution >= 0.6 is 0 Å². The zero-order chi connectivity index (χ0) is 17.7. The zero-order valence-corrected chi connectivity index (χ0v) is 15.2. The number of amides is 1. The molecule has 1 aromatic carbocycles. The Morgan fingerprint density at radius 1 is 1.21 bits per heavy atom. The van der Waals surface area contributed by atoms with Crippen molar-refractivity contribution in [3.63, 3.8) is 0 Å². The lowest BCUT2D eigenvalue weighted by molar-refractivity contribution is -0.130. The molecule has 1 aromatic rings. The molecule has 1 saturated heterocycles. The number of sulfone groups is 1. The average molecular weight is 347 g/mol. The van der Waals surface area contributed by atoms with Gasteiger partial charge in [0, 0.05) is 20.0 Å². The van der Waals surface area contributed by atoms with Gasteiger partial charge in [-0.05, 0) is 49.0 Å². The quantitative estimate of drug-likeness (QED) is 0.768. The first-order valence-electron chi connectivity index (χ1n) is 8.21. The third-order valence-electron chi connectivity index (χ3n) is 4.55. The first kappa shape index (κ1) is 18.5. The first-order chi connectivity index (χ1) is 11.3. The highest BCUT2D eigenvalue weighted by Crippen LogP contribution is 2.24. The van der Waals surface area contributed by atoms with Crippen LogP contribution < -0.4 is 0 Å². The molecule has 4 nitrogen and oxygen atoms in total. The topological polar surface area (TPSA) is 54.5 Å². The summed E-state index contributed by atoms with van der Waals surface area (Å²) in [6.07, 6.45) is 5.11. The summed E-state index contributed by atoms with van der Waals surface area (Å²) < 4.78 is 25.2. The fourth-order valence-corrected chi connectivity index (χ4v) is 4.72. The number of hydrogen-bond acceptors (Lipinski definition) is 3.